The average molecular weight is 823 g/mol. The standard InChI is InChI=1S/C52H58N2O7/c1-48-24-21-39(55)30-50(48)27-28-52(42(31-50)46(56)36-13-11-35(12-14-36)34-9-7-6-8-10-34)44(48)22-25-49(2)45(52)23-26-51(49,58)33-54(32-37-15-18-41(60-4)29-43(37)61-5)47(57)53-38-16-19-40(59-3)20-17-38/h6-20,27-29,31,39,44-45,55,58H,21-26,30,32-33H2,1-5H3,(H,53,57)/t39?,44-,45-,48-,49+,50+,51-,52-/m1/s1. The van der Waals surface area contributed by atoms with Gasteiger partial charge in [-0.15, -0.1) is 0 Å². The van der Waals surface area contributed by atoms with Gasteiger partial charge in [-0.1, -0.05) is 86.7 Å². The van der Waals surface area contributed by atoms with Crippen LogP contribution in [0.3, 0.4) is 0 Å². The molecule has 0 aromatic heterocycles. The fourth-order valence-corrected chi connectivity index (χ4v) is 12.8. The zero-order valence-electron chi connectivity index (χ0n) is 35.9. The van der Waals surface area contributed by atoms with Crippen molar-refractivity contribution >= 4 is 17.5 Å². The van der Waals surface area contributed by atoms with Gasteiger partial charge in [0.15, 0.2) is 5.78 Å². The second-order valence-electron chi connectivity index (χ2n) is 18.8. The van der Waals surface area contributed by atoms with E-state index in [-0.39, 0.29) is 42.2 Å². The number of nitrogens with zero attached hydrogens (tertiary/aromatic N) is 1. The molecule has 9 nitrogen and oxygen atoms in total. The molecule has 318 valence electrons. The summed E-state index contributed by atoms with van der Waals surface area (Å²) in [6.45, 7) is 4.85. The van der Waals surface area contributed by atoms with E-state index in [1.165, 1.54) is 0 Å². The van der Waals surface area contributed by atoms with E-state index in [1.807, 2.05) is 54.6 Å². The fraction of sp³-hybridized carbons (Fsp3) is 0.423. The number of amides is 2. The minimum Gasteiger partial charge on any atom is -0.497 e. The molecule has 2 bridgehead atoms. The Morgan fingerprint density at radius 3 is 2.11 bits per heavy atom. The maximum Gasteiger partial charge on any atom is 0.322 e. The van der Waals surface area contributed by atoms with E-state index in [4.69, 9.17) is 14.2 Å². The molecule has 10 rings (SSSR count). The van der Waals surface area contributed by atoms with Crippen LogP contribution in [0.4, 0.5) is 10.5 Å². The molecule has 0 heterocycles. The van der Waals surface area contributed by atoms with Crippen molar-refractivity contribution in [1.29, 1.82) is 0 Å². The fourth-order valence-electron chi connectivity index (χ4n) is 12.8. The largest absolute Gasteiger partial charge is 0.497 e. The molecule has 0 radical (unpaired) electrons. The molecule has 4 aromatic carbocycles. The Labute approximate surface area is 359 Å². The number of carbonyl (C=O) groups excluding carboxylic acids is 2. The first-order chi connectivity index (χ1) is 29.3. The number of urea groups is 1. The first-order valence-corrected chi connectivity index (χ1v) is 21.8. The lowest BCUT2D eigenvalue weighted by Crippen LogP contribution is -2.67. The van der Waals surface area contributed by atoms with Gasteiger partial charge in [0.2, 0.25) is 0 Å². The Hall–Kier alpha value is -5.38. The third-order valence-corrected chi connectivity index (χ3v) is 16.1. The van der Waals surface area contributed by atoms with E-state index in [0.717, 1.165) is 47.9 Å². The van der Waals surface area contributed by atoms with Crippen molar-refractivity contribution in [2.45, 2.75) is 77.0 Å². The van der Waals surface area contributed by atoms with Gasteiger partial charge in [0.1, 0.15) is 17.2 Å². The number of methoxy groups -OCH3 is 3. The SMILES string of the molecule is COc1ccc(NC(=O)N(Cc2ccc(OC)cc2OC)C[C@]2(O)CC[C@H]3[C@]45C=C[C@@]6(C=C4C(=O)c4ccc(-c7ccccc7)cc4)CC(O)CC[C@]6(C)[C@H]5CC[C@@]32C)cc1. The van der Waals surface area contributed by atoms with Crippen LogP contribution in [0, 0.1) is 33.5 Å². The van der Waals surface area contributed by atoms with Crippen molar-refractivity contribution in [1.82, 2.24) is 4.90 Å². The van der Waals surface area contributed by atoms with Gasteiger partial charge in [-0.05, 0) is 110 Å². The molecule has 1 unspecified atom stereocenters. The summed E-state index contributed by atoms with van der Waals surface area (Å²) in [5.41, 5.74) is 1.78. The van der Waals surface area contributed by atoms with E-state index >= 15 is 4.79 Å². The second-order valence-corrected chi connectivity index (χ2v) is 18.8. The lowest BCUT2D eigenvalue weighted by molar-refractivity contribution is -0.174. The van der Waals surface area contributed by atoms with Crippen molar-refractivity contribution in [3.8, 4) is 28.4 Å². The number of anilines is 1. The molecule has 4 aromatic rings. The molecular formula is C52H58N2O7. The molecule has 2 spiro atoms. The predicted octanol–water partition coefficient (Wildman–Crippen LogP) is 9.89. The average Bonchev–Trinajstić information content (AvgIpc) is 3.56. The highest BCUT2D eigenvalue weighted by Gasteiger charge is 2.74. The number of aliphatic hydroxyl groups excluding tert-OH is 1. The van der Waals surface area contributed by atoms with Gasteiger partial charge in [-0.25, -0.2) is 4.79 Å². The monoisotopic (exact) mass is 822 g/mol. The van der Waals surface area contributed by atoms with E-state index in [9.17, 15) is 15.0 Å². The van der Waals surface area contributed by atoms with E-state index in [1.54, 1.807) is 56.6 Å². The van der Waals surface area contributed by atoms with Crippen LogP contribution in [-0.4, -0.2) is 66.5 Å². The second kappa shape index (κ2) is 15.2. The van der Waals surface area contributed by atoms with Crippen LogP contribution in [0.1, 0.15) is 74.7 Å². The van der Waals surface area contributed by atoms with Gasteiger partial charge in [0.25, 0.3) is 0 Å². The van der Waals surface area contributed by atoms with Crippen LogP contribution in [0.2, 0.25) is 0 Å². The highest BCUT2D eigenvalue weighted by molar-refractivity contribution is 6.10. The maximum absolute atomic E-state index is 15.3. The van der Waals surface area contributed by atoms with Gasteiger partial charge < -0.3 is 34.6 Å². The first-order valence-electron chi connectivity index (χ1n) is 21.8. The number of ketones is 1. The number of fused-ring (bicyclic) bond motifs is 1. The molecule has 3 fully saturated rings. The van der Waals surface area contributed by atoms with Crippen molar-refractivity contribution in [3.05, 3.63) is 132 Å². The van der Waals surface area contributed by atoms with Crippen LogP contribution in [0.15, 0.2) is 121 Å². The molecule has 6 aliphatic rings. The van der Waals surface area contributed by atoms with Crippen molar-refractivity contribution < 1.29 is 34.0 Å². The number of ether oxygens (including phenoxy) is 3. The van der Waals surface area contributed by atoms with Crippen molar-refractivity contribution in [3.63, 3.8) is 0 Å². The van der Waals surface area contributed by atoms with E-state index in [0.29, 0.717) is 47.8 Å². The zero-order valence-corrected chi connectivity index (χ0v) is 35.9. The van der Waals surface area contributed by atoms with Crippen molar-refractivity contribution in [2.24, 2.45) is 33.5 Å². The van der Waals surface area contributed by atoms with Crippen LogP contribution in [-0.2, 0) is 6.54 Å². The van der Waals surface area contributed by atoms with Crippen LogP contribution >= 0.6 is 0 Å². The van der Waals surface area contributed by atoms with Crippen LogP contribution in [0.5, 0.6) is 17.2 Å². The molecule has 9 heteroatoms. The van der Waals surface area contributed by atoms with Gasteiger partial charge in [-0.2, -0.15) is 0 Å². The van der Waals surface area contributed by atoms with Crippen LogP contribution in [0.25, 0.3) is 11.1 Å². The Morgan fingerprint density at radius 2 is 1.41 bits per heavy atom. The lowest BCUT2D eigenvalue weighted by Gasteiger charge is -2.71. The number of rotatable bonds is 11. The number of allylic oxidation sites excluding steroid dienone is 4. The molecule has 6 aliphatic carbocycles. The van der Waals surface area contributed by atoms with E-state index < -0.39 is 27.9 Å². The van der Waals surface area contributed by atoms with Gasteiger partial charge in [-0.3, -0.25) is 4.79 Å². The normalized spacial score (nSPS) is 31.9. The number of hydrogen-bond donors (Lipinski definition) is 3. The third-order valence-electron chi connectivity index (χ3n) is 16.1. The van der Waals surface area contributed by atoms with Gasteiger partial charge in [0.05, 0.1) is 46.1 Å². The summed E-state index contributed by atoms with van der Waals surface area (Å²) >= 11 is 0. The third kappa shape index (κ3) is 6.41. The summed E-state index contributed by atoms with van der Waals surface area (Å²) in [5, 5.41) is 27.6. The number of carbonyl (C=O) groups is 2. The number of benzene rings is 4. The summed E-state index contributed by atoms with van der Waals surface area (Å²) in [4.78, 5) is 31.5. The Kier molecular flexibility index (Phi) is 10.2. The first kappa shape index (κ1) is 41.0. The molecule has 0 saturated heterocycles. The Balaban J connectivity index is 1.09. The highest BCUT2D eigenvalue weighted by Crippen LogP contribution is 2.78. The molecule has 3 saturated carbocycles. The maximum atomic E-state index is 15.3. The molecule has 8 atom stereocenters. The summed E-state index contributed by atoms with van der Waals surface area (Å²) in [7, 11) is 4.80. The topological polar surface area (TPSA) is 118 Å². The highest BCUT2D eigenvalue weighted by atomic mass is 16.5. The van der Waals surface area contributed by atoms with Gasteiger partial charge in [0, 0.05) is 44.7 Å². The smallest absolute Gasteiger partial charge is 0.322 e. The molecule has 2 amide bonds. The zero-order chi connectivity index (χ0) is 42.8. The number of nitrogens with one attached hydrogen (secondary N) is 1. The number of Topliss-reactive ketones (excluding diaryl/α,β-unsaturated/α-hetero) is 1. The quantitative estimate of drug-likeness (QED) is 0.102. The minimum absolute atomic E-state index is 0.0160. The Bertz CT molecular complexity index is 2380. The summed E-state index contributed by atoms with van der Waals surface area (Å²) < 4.78 is 16.6. The summed E-state index contributed by atoms with van der Waals surface area (Å²) in [5.74, 6) is 1.98. The summed E-state index contributed by atoms with van der Waals surface area (Å²) in [6, 6.07) is 30.6. The minimum atomic E-state index is -1.29. The predicted molar refractivity (Wildman–Crippen MR) is 237 cm³/mol. The Morgan fingerprint density at radius 1 is 0.754 bits per heavy atom. The van der Waals surface area contributed by atoms with Crippen molar-refractivity contribution in [2.75, 3.05) is 33.2 Å². The molecule has 3 N–H and O–H groups in total. The molecule has 61 heavy (non-hydrogen) atoms. The summed E-state index contributed by atoms with van der Waals surface area (Å²) in [6.07, 6.45) is 11.4. The number of hydrogen-bond acceptors (Lipinski definition) is 7. The van der Waals surface area contributed by atoms with E-state index in [2.05, 4.69) is 49.5 Å². The van der Waals surface area contributed by atoms with Gasteiger partial charge >= 0.3 is 6.03 Å². The van der Waals surface area contributed by atoms with Crippen LogP contribution < -0.4 is 19.5 Å². The lowest BCUT2D eigenvalue weighted by atomic mass is 9.32. The molecular weight excluding hydrogens is 765 g/mol. The molecule has 0 aliphatic heterocycles. The number of aliphatic hydroxyl groups is 2.